The lowest BCUT2D eigenvalue weighted by atomic mass is 10.2. The Bertz CT molecular complexity index is 987. The summed E-state index contributed by atoms with van der Waals surface area (Å²) < 4.78 is 1.51. The van der Waals surface area contributed by atoms with Crippen LogP contribution in [0.1, 0.15) is 28.2 Å². The second-order valence-electron chi connectivity index (χ2n) is 6.05. The Morgan fingerprint density at radius 1 is 1.23 bits per heavy atom. The number of pyridine rings is 1. The number of nitrogens with two attached hydrogens (primary N) is 1. The maximum absolute atomic E-state index is 9.46. The largest absolute Gasteiger partial charge is 0.396 e. The maximum Gasteiger partial charge on any atom is 0.162 e. The molecule has 3 aromatic rings. The number of nitriles is 1. The molecule has 8 heteroatoms. The Balaban J connectivity index is 1.81. The standard InChI is InChI=1S/C18H21N7O/c1-11-12(2)24-25-16(20)15(10-19)17(23-18(11)25)21-8-6-13-4-3-5-14(22-13)7-9-26/h3-5,26H,6-9,20H2,1-2H3,(H,21,23). The topological polar surface area (TPSA) is 125 Å². The van der Waals surface area contributed by atoms with E-state index in [4.69, 9.17) is 10.8 Å². The van der Waals surface area contributed by atoms with Gasteiger partial charge in [-0.05, 0) is 26.0 Å². The van der Waals surface area contributed by atoms with E-state index in [1.54, 1.807) is 0 Å². The molecule has 0 aliphatic rings. The highest BCUT2D eigenvalue weighted by atomic mass is 16.3. The van der Waals surface area contributed by atoms with Crippen molar-refractivity contribution in [1.82, 2.24) is 19.6 Å². The summed E-state index contributed by atoms with van der Waals surface area (Å²) in [6, 6.07) is 7.85. The van der Waals surface area contributed by atoms with Crippen LogP contribution in [0.2, 0.25) is 0 Å². The molecule has 0 atom stereocenters. The van der Waals surface area contributed by atoms with Crippen LogP contribution in [0, 0.1) is 25.2 Å². The van der Waals surface area contributed by atoms with Crippen molar-refractivity contribution in [2.24, 2.45) is 0 Å². The van der Waals surface area contributed by atoms with E-state index in [2.05, 4.69) is 26.5 Å². The van der Waals surface area contributed by atoms with Crippen LogP contribution < -0.4 is 11.1 Å². The summed E-state index contributed by atoms with van der Waals surface area (Å²) in [4.78, 5) is 9.04. The van der Waals surface area contributed by atoms with Gasteiger partial charge in [-0.3, -0.25) is 4.98 Å². The van der Waals surface area contributed by atoms with E-state index >= 15 is 0 Å². The lowest BCUT2D eigenvalue weighted by molar-refractivity contribution is 0.298. The van der Waals surface area contributed by atoms with Crippen molar-refractivity contribution in [1.29, 1.82) is 5.26 Å². The summed E-state index contributed by atoms with van der Waals surface area (Å²) in [5.74, 6) is 0.728. The summed E-state index contributed by atoms with van der Waals surface area (Å²) >= 11 is 0. The van der Waals surface area contributed by atoms with Gasteiger partial charge < -0.3 is 16.2 Å². The van der Waals surface area contributed by atoms with Crippen LogP contribution in [0.3, 0.4) is 0 Å². The lowest BCUT2D eigenvalue weighted by Crippen LogP contribution is -2.13. The molecule has 3 aromatic heterocycles. The van der Waals surface area contributed by atoms with Crippen LogP contribution in [-0.4, -0.2) is 37.8 Å². The first-order valence-electron chi connectivity index (χ1n) is 8.40. The number of nitrogen functional groups attached to an aromatic ring is 1. The number of nitrogens with zero attached hydrogens (tertiary/aromatic N) is 5. The van der Waals surface area contributed by atoms with Gasteiger partial charge in [0.05, 0.1) is 5.69 Å². The quantitative estimate of drug-likeness (QED) is 0.612. The second kappa shape index (κ2) is 7.37. The molecule has 0 amide bonds. The minimum absolute atomic E-state index is 0.0769. The number of rotatable bonds is 6. The monoisotopic (exact) mass is 351 g/mol. The first kappa shape index (κ1) is 17.6. The molecule has 0 spiro atoms. The summed E-state index contributed by atoms with van der Waals surface area (Å²) in [7, 11) is 0. The van der Waals surface area contributed by atoms with Crippen molar-refractivity contribution in [3.05, 3.63) is 46.4 Å². The van der Waals surface area contributed by atoms with Crippen molar-refractivity contribution in [2.75, 3.05) is 24.2 Å². The zero-order valence-corrected chi connectivity index (χ0v) is 14.8. The molecule has 0 radical (unpaired) electrons. The lowest BCUT2D eigenvalue weighted by Gasteiger charge is -2.10. The summed E-state index contributed by atoms with van der Waals surface area (Å²) in [5, 5.41) is 26.0. The average Bonchev–Trinajstić information content (AvgIpc) is 2.91. The van der Waals surface area contributed by atoms with E-state index in [1.165, 1.54) is 4.52 Å². The molecule has 0 aliphatic heterocycles. The molecule has 0 aliphatic carbocycles. The predicted octanol–water partition coefficient (Wildman–Crippen LogP) is 1.38. The van der Waals surface area contributed by atoms with E-state index < -0.39 is 0 Å². The van der Waals surface area contributed by atoms with Crippen molar-refractivity contribution < 1.29 is 5.11 Å². The fourth-order valence-electron chi connectivity index (χ4n) is 2.75. The number of aliphatic hydroxyl groups is 1. The molecule has 0 unspecified atom stereocenters. The second-order valence-corrected chi connectivity index (χ2v) is 6.05. The molecule has 0 saturated carbocycles. The number of anilines is 2. The third kappa shape index (κ3) is 3.30. The first-order chi connectivity index (χ1) is 12.5. The Labute approximate surface area is 151 Å². The molecule has 3 rings (SSSR count). The van der Waals surface area contributed by atoms with Crippen molar-refractivity contribution in [3.8, 4) is 6.07 Å². The fourth-order valence-corrected chi connectivity index (χ4v) is 2.75. The van der Waals surface area contributed by atoms with Crippen molar-refractivity contribution >= 4 is 17.3 Å². The molecule has 134 valence electrons. The number of nitrogens with one attached hydrogen (secondary N) is 1. The zero-order valence-electron chi connectivity index (χ0n) is 14.8. The van der Waals surface area contributed by atoms with Crippen molar-refractivity contribution in [3.63, 3.8) is 0 Å². The number of fused-ring (bicyclic) bond motifs is 1. The van der Waals surface area contributed by atoms with Gasteiger partial charge in [0, 0.05) is 42.9 Å². The van der Waals surface area contributed by atoms with Gasteiger partial charge in [0.1, 0.15) is 23.3 Å². The van der Waals surface area contributed by atoms with Gasteiger partial charge in [0.2, 0.25) is 0 Å². The summed E-state index contributed by atoms with van der Waals surface area (Å²) in [5.41, 5.74) is 10.6. The maximum atomic E-state index is 9.46. The molecule has 0 saturated heterocycles. The SMILES string of the molecule is Cc1nn2c(N)c(C#N)c(NCCc3cccc(CCO)n3)nc2c1C. The third-order valence-electron chi connectivity index (χ3n) is 4.29. The number of hydrogen-bond acceptors (Lipinski definition) is 7. The van der Waals surface area contributed by atoms with Gasteiger partial charge in [-0.25, -0.2) is 4.98 Å². The molecule has 8 nitrogen and oxygen atoms in total. The molecule has 0 aromatic carbocycles. The third-order valence-corrected chi connectivity index (χ3v) is 4.29. The molecule has 3 heterocycles. The van der Waals surface area contributed by atoms with Gasteiger partial charge in [-0.2, -0.15) is 14.9 Å². The average molecular weight is 351 g/mol. The Hall–Kier alpha value is -3.18. The molecular formula is C18H21N7O. The molecule has 0 fully saturated rings. The minimum Gasteiger partial charge on any atom is -0.396 e. The van der Waals surface area contributed by atoms with Gasteiger partial charge in [-0.15, -0.1) is 0 Å². The normalized spacial score (nSPS) is 10.8. The Kier molecular flexibility index (Phi) is 5.00. The highest BCUT2D eigenvalue weighted by Crippen LogP contribution is 2.24. The van der Waals surface area contributed by atoms with Crippen LogP contribution in [0.5, 0.6) is 0 Å². The number of aromatic nitrogens is 4. The predicted molar refractivity (Wildman–Crippen MR) is 98.8 cm³/mol. The van der Waals surface area contributed by atoms with Gasteiger partial charge in [0.15, 0.2) is 5.65 Å². The Morgan fingerprint density at radius 3 is 2.65 bits per heavy atom. The van der Waals surface area contributed by atoms with E-state index in [0.29, 0.717) is 30.9 Å². The number of hydrogen-bond donors (Lipinski definition) is 3. The van der Waals surface area contributed by atoms with Gasteiger partial charge in [0.25, 0.3) is 0 Å². The smallest absolute Gasteiger partial charge is 0.162 e. The number of aliphatic hydroxyl groups excluding tert-OH is 1. The number of aryl methyl sites for hydroxylation is 2. The molecular weight excluding hydrogens is 330 g/mol. The van der Waals surface area contributed by atoms with Crippen molar-refractivity contribution in [2.45, 2.75) is 26.7 Å². The van der Waals surface area contributed by atoms with Gasteiger partial charge >= 0.3 is 0 Å². The van der Waals surface area contributed by atoms with E-state index in [1.807, 2.05) is 32.0 Å². The van der Waals surface area contributed by atoms with E-state index in [-0.39, 0.29) is 18.0 Å². The fraction of sp³-hybridized carbons (Fsp3) is 0.333. The van der Waals surface area contributed by atoms with Crippen LogP contribution in [0.4, 0.5) is 11.6 Å². The zero-order chi connectivity index (χ0) is 18.7. The van der Waals surface area contributed by atoms with Crippen LogP contribution in [0.15, 0.2) is 18.2 Å². The highest BCUT2D eigenvalue weighted by Gasteiger charge is 2.16. The van der Waals surface area contributed by atoms with E-state index in [9.17, 15) is 5.26 Å². The highest BCUT2D eigenvalue weighted by molar-refractivity contribution is 5.69. The van der Waals surface area contributed by atoms with E-state index in [0.717, 1.165) is 22.6 Å². The summed E-state index contributed by atoms with van der Waals surface area (Å²) in [6.07, 6.45) is 1.20. The Morgan fingerprint density at radius 2 is 1.96 bits per heavy atom. The van der Waals surface area contributed by atoms with Crippen LogP contribution >= 0.6 is 0 Å². The first-order valence-corrected chi connectivity index (χ1v) is 8.40. The van der Waals surface area contributed by atoms with Gasteiger partial charge in [-0.1, -0.05) is 6.07 Å². The molecule has 4 N–H and O–H groups in total. The minimum atomic E-state index is 0.0769. The molecule has 26 heavy (non-hydrogen) atoms. The molecule has 0 bridgehead atoms. The van der Waals surface area contributed by atoms with Crippen LogP contribution in [0.25, 0.3) is 5.65 Å². The van der Waals surface area contributed by atoms with Crippen LogP contribution in [-0.2, 0) is 12.8 Å². The summed E-state index contributed by atoms with van der Waals surface area (Å²) in [6.45, 7) is 4.44.